The predicted molar refractivity (Wildman–Crippen MR) is 202 cm³/mol. The molecule has 8 aromatic carbocycles. The SMILES string of the molecule is c1ccc(C(c2ccccc2)(c2ccccc2)c2ccc(-c3cccc4c(-n5c6ccccc6c6ccccc65)cccc34)cc2)cc1. The monoisotopic (exact) mass is 611 g/mol. The van der Waals surface area contributed by atoms with Crippen LogP contribution < -0.4 is 0 Å². The van der Waals surface area contributed by atoms with Crippen molar-refractivity contribution in [3.05, 3.63) is 222 Å². The first kappa shape index (κ1) is 28.1. The summed E-state index contributed by atoms with van der Waals surface area (Å²) in [5, 5.41) is 5.02. The van der Waals surface area contributed by atoms with Gasteiger partial charge in [-0.2, -0.15) is 0 Å². The summed E-state index contributed by atoms with van der Waals surface area (Å²) in [4.78, 5) is 0. The Morgan fingerprint density at radius 2 is 0.708 bits per heavy atom. The molecule has 0 fully saturated rings. The maximum Gasteiger partial charge on any atom is 0.0701 e. The summed E-state index contributed by atoms with van der Waals surface area (Å²) in [6.45, 7) is 0. The first-order valence-corrected chi connectivity index (χ1v) is 16.6. The lowest BCUT2D eigenvalue weighted by molar-refractivity contribution is 0.745. The number of aromatic nitrogens is 1. The van der Waals surface area contributed by atoms with Crippen LogP contribution in [-0.4, -0.2) is 4.57 Å². The molecule has 0 aliphatic rings. The highest BCUT2D eigenvalue weighted by atomic mass is 15.0. The largest absolute Gasteiger partial charge is 0.309 e. The number of rotatable bonds is 6. The zero-order valence-corrected chi connectivity index (χ0v) is 26.5. The zero-order chi connectivity index (χ0) is 31.9. The van der Waals surface area contributed by atoms with Crippen LogP contribution in [0.3, 0.4) is 0 Å². The summed E-state index contributed by atoms with van der Waals surface area (Å²) >= 11 is 0. The number of hydrogen-bond acceptors (Lipinski definition) is 0. The van der Waals surface area contributed by atoms with Gasteiger partial charge in [0.2, 0.25) is 0 Å². The Bertz CT molecular complexity index is 2380. The molecule has 0 spiro atoms. The van der Waals surface area contributed by atoms with Gasteiger partial charge in [-0.1, -0.05) is 182 Å². The van der Waals surface area contributed by atoms with Gasteiger partial charge in [-0.15, -0.1) is 0 Å². The van der Waals surface area contributed by atoms with Crippen molar-refractivity contribution in [1.82, 2.24) is 4.57 Å². The van der Waals surface area contributed by atoms with Crippen LogP contribution >= 0.6 is 0 Å². The van der Waals surface area contributed by atoms with Gasteiger partial charge < -0.3 is 4.57 Å². The van der Waals surface area contributed by atoms with Gasteiger partial charge in [0.25, 0.3) is 0 Å². The van der Waals surface area contributed by atoms with Crippen molar-refractivity contribution in [2.45, 2.75) is 5.41 Å². The number of para-hydroxylation sites is 2. The van der Waals surface area contributed by atoms with E-state index in [0.717, 1.165) is 0 Å². The minimum Gasteiger partial charge on any atom is -0.309 e. The van der Waals surface area contributed by atoms with E-state index in [1.54, 1.807) is 0 Å². The maximum absolute atomic E-state index is 2.42. The summed E-state index contributed by atoms with van der Waals surface area (Å²) in [6.07, 6.45) is 0. The van der Waals surface area contributed by atoms with Gasteiger partial charge >= 0.3 is 0 Å². The normalized spacial score (nSPS) is 11.8. The summed E-state index contributed by atoms with van der Waals surface area (Å²) in [7, 11) is 0. The fourth-order valence-corrected chi connectivity index (χ4v) is 7.89. The predicted octanol–water partition coefficient (Wildman–Crippen LogP) is 12.0. The van der Waals surface area contributed by atoms with Crippen molar-refractivity contribution < 1.29 is 0 Å². The average Bonchev–Trinajstić information content (AvgIpc) is 3.50. The van der Waals surface area contributed by atoms with Crippen molar-refractivity contribution in [2.75, 3.05) is 0 Å². The van der Waals surface area contributed by atoms with E-state index in [4.69, 9.17) is 0 Å². The second-order valence-electron chi connectivity index (χ2n) is 12.5. The lowest BCUT2D eigenvalue weighted by Gasteiger charge is -2.37. The first-order valence-electron chi connectivity index (χ1n) is 16.6. The zero-order valence-electron chi connectivity index (χ0n) is 26.5. The standard InChI is InChI=1S/C47H33N/c1-4-16-35(17-5-1)47(36-18-6-2-7-19-36,37-20-8-3-9-21-37)38-32-30-34(31-33-38)39-24-14-26-41-40(39)25-15-29-46(41)48-44-27-12-10-22-42(44)43-23-11-13-28-45(43)48/h1-33H. The lowest BCUT2D eigenvalue weighted by Crippen LogP contribution is -2.30. The van der Waals surface area contributed by atoms with Crippen LogP contribution in [0.25, 0.3) is 49.4 Å². The fourth-order valence-electron chi connectivity index (χ4n) is 7.89. The third kappa shape index (κ3) is 4.32. The first-order chi connectivity index (χ1) is 23.8. The van der Waals surface area contributed by atoms with Gasteiger partial charge in [0.05, 0.1) is 22.1 Å². The third-order valence-corrected chi connectivity index (χ3v) is 9.97. The van der Waals surface area contributed by atoms with Crippen molar-refractivity contribution in [3.63, 3.8) is 0 Å². The molecule has 0 radical (unpaired) electrons. The van der Waals surface area contributed by atoms with Gasteiger partial charge in [-0.05, 0) is 57.0 Å². The molecule has 0 N–H and O–H groups in total. The lowest BCUT2D eigenvalue weighted by atomic mass is 9.65. The molecule has 0 unspecified atom stereocenters. The fraction of sp³-hybridized carbons (Fsp3) is 0.0213. The maximum atomic E-state index is 2.42. The van der Waals surface area contributed by atoms with E-state index in [-0.39, 0.29) is 0 Å². The molecular formula is C47H33N. The van der Waals surface area contributed by atoms with Gasteiger partial charge in [0.15, 0.2) is 0 Å². The summed E-state index contributed by atoms with van der Waals surface area (Å²) in [5.74, 6) is 0. The molecule has 226 valence electrons. The number of fused-ring (bicyclic) bond motifs is 4. The van der Waals surface area contributed by atoms with E-state index < -0.39 is 5.41 Å². The van der Waals surface area contributed by atoms with Crippen LogP contribution in [0.15, 0.2) is 200 Å². The Labute approximate surface area is 281 Å². The molecule has 1 nitrogen and oxygen atoms in total. The smallest absolute Gasteiger partial charge is 0.0701 e. The van der Waals surface area contributed by atoms with Crippen LogP contribution in [-0.2, 0) is 5.41 Å². The van der Waals surface area contributed by atoms with Crippen molar-refractivity contribution >= 4 is 32.6 Å². The van der Waals surface area contributed by atoms with Crippen LogP contribution in [0.4, 0.5) is 0 Å². The van der Waals surface area contributed by atoms with E-state index in [9.17, 15) is 0 Å². The molecule has 0 bridgehead atoms. The molecule has 1 heteroatoms. The number of benzene rings is 8. The summed E-state index contributed by atoms with van der Waals surface area (Å²) in [5.41, 5.74) is 10.6. The molecule has 9 aromatic rings. The number of nitrogens with zero attached hydrogens (tertiary/aromatic N) is 1. The Morgan fingerprint density at radius 3 is 1.25 bits per heavy atom. The highest BCUT2D eigenvalue weighted by molar-refractivity contribution is 6.11. The van der Waals surface area contributed by atoms with E-state index in [0.29, 0.717) is 0 Å². The minimum absolute atomic E-state index is 0.467. The van der Waals surface area contributed by atoms with E-state index in [1.807, 2.05) is 0 Å². The van der Waals surface area contributed by atoms with E-state index >= 15 is 0 Å². The second kappa shape index (κ2) is 11.6. The molecule has 0 atom stereocenters. The highest BCUT2D eigenvalue weighted by Crippen LogP contribution is 2.46. The Kier molecular flexibility index (Phi) is 6.76. The Morgan fingerprint density at radius 1 is 0.292 bits per heavy atom. The topological polar surface area (TPSA) is 4.93 Å². The molecule has 9 rings (SSSR count). The molecule has 0 saturated heterocycles. The van der Waals surface area contributed by atoms with Crippen molar-refractivity contribution in [1.29, 1.82) is 0 Å². The van der Waals surface area contributed by atoms with Crippen LogP contribution in [0.2, 0.25) is 0 Å². The third-order valence-electron chi connectivity index (χ3n) is 9.97. The average molecular weight is 612 g/mol. The highest BCUT2D eigenvalue weighted by Gasteiger charge is 2.38. The van der Waals surface area contributed by atoms with Crippen LogP contribution in [0.5, 0.6) is 0 Å². The van der Waals surface area contributed by atoms with Crippen LogP contribution in [0.1, 0.15) is 22.3 Å². The summed E-state index contributed by atoms with van der Waals surface area (Å²) < 4.78 is 2.42. The molecular weight excluding hydrogens is 579 g/mol. The molecule has 1 aromatic heterocycles. The molecule has 48 heavy (non-hydrogen) atoms. The van der Waals surface area contributed by atoms with Gasteiger partial charge in [-0.25, -0.2) is 0 Å². The Hall–Kier alpha value is -6.18. The van der Waals surface area contributed by atoms with Crippen molar-refractivity contribution in [3.8, 4) is 16.8 Å². The van der Waals surface area contributed by atoms with Gasteiger partial charge in [0, 0.05) is 16.2 Å². The van der Waals surface area contributed by atoms with E-state index in [1.165, 1.54) is 71.6 Å². The summed E-state index contributed by atoms with van der Waals surface area (Å²) in [6, 6.07) is 72.9. The minimum atomic E-state index is -0.467. The van der Waals surface area contributed by atoms with Crippen molar-refractivity contribution in [2.24, 2.45) is 0 Å². The van der Waals surface area contributed by atoms with Gasteiger partial charge in [-0.3, -0.25) is 0 Å². The molecule has 0 amide bonds. The van der Waals surface area contributed by atoms with E-state index in [2.05, 4.69) is 205 Å². The van der Waals surface area contributed by atoms with Crippen LogP contribution in [0, 0.1) is 0 Å². The molecule has 0 aliphatic carbocycles. The molecule has 0 saturated carbocycles. The second-order valence-corrected chi connectivity index (χ2v) is 12.5. The van der Waals surface area contributed by atoms with Gasteiger partial charge in [0.1, 0.15) is 0 Å². The molecule has 1 heterocycles. The number of hydrogen-bond donors (Lipinski definition) is 0. The quantitative estimate of drug-likeness (QED) is 0.165. The molecule has 0 aliphatic heterocycles. The Balaban J connectivity index is 1.23.